The quantitative estimate of drug-likeness (QED) is 0.378. The second-order valence-electron chi connectivity index (χ2n) is 6.35. The van der Waals surface area contributed by atoms with E-state index in [1.165, 1.54) is 23.3 Å². The summed E-state index contributed by atoms with van der Waals surface area (Å²) in [6.45, 7) is 0.289. The molecule has 0 spiro atoms. The molecule has 1 fully saturated rings. The second kappa shape index (κ2) is 7.10. The van der Waals surface area contributed by atoms with E-state index < -0.39 is 17.5 Å². The first-order valence-corrected chi connectivity index (χ1v) is 10.2. The van der Waals surface area contributed by atoms with Crippen LogP contribution < -0.4 is 15.4 Å². The molecular weight excluding hydrogens is 493 g/mol. The largest absolute Gasteiger partial charge is 0.497 e. The van der Waals surface area contributed by atoms with Gasteiger partial charge >= 0.3 is 6.03 Å². The van der Waals surface area contributed by atoms with Crippen LogP contribution in [0.1, 0.15) is 20.8 Å². The SMILES string of the molecule is COc1ccc2c(c1)C(=O)N(C[C@@]1(C#Cc3ccc(I)s3)NC(=O)NC1=O)C2. The van der Waals surface area contributed by atoms with Gasteiger partial charge in [-0.15, -0.1) is 11.3 Å². The molecule has 0 saturated carbocycles. The molecular formula is C19H14IN3O4S. The van der Waals surface area contributed by atoms with Gasteiger partial charge in [0.1, 0.15) is 5.75 Å². The molecule has 0 bridgehead atoms. The molecule has 1 aromatic heterocycles. The number of nitrogens with one attached hydrogen (secondary N) is 2. The van der Waals surface area contributed by atoms with Crippen molar-refractivity contribution in [1.29, 1.82) is 0 Å². The Balaban J connectivity index is 1.64. The van der Waals surface area contributed by atoms with E-state index in [1.54, 1.807) is 12.1 Å². The first-order chi connectivity index (χ1) is 13.4. The number of rotatable bonds is 3. The molecule has 28 heavy (non-hydrogen) atoms. The number of thiophene rings is 1. The van der Waals surface area contributed by atoms with Crippen LogP contribution in [0.5, 0.6) is 5.75 Å². The van der Waals surface area contributed by atoms with Gasteiger partial charge in [0.05, 0.1) is 21.4 Å². The Bertz CT molecular complexity index is 1070. The molecule has 2 aliphatic heterocycles. The minimum atomic E-state index is -1.49. The van der Waals surface area contributed by atoms with Gasteiger partial charge < -0.3 is 15.0 Å². The molecule has 0 unspecified atom stereocenters. The number of benzene rings is 1. The zero-order valence-corrected chi connectivity index (χ0v) is 17.6. The van der Waals surface area contributed by atoms with E-state index in [0.29, 0.717) is 17.9 Å². The van der Waals surface area contributed by atoms with Gasteiger partial charge in [-0.25, -0.2) is 4.79 Å². The Morgan fingerprint density at radius 2 is 2.11 bits per heavy atom. The minimum Gasteiger partial charge on any atom is -0.497 e. The van der Waals surface area contributed by atoms with Crippen molar-refractivity contribution >= 4 is 51.8 Å². The van der Waals surface area contributed by atoms with Crippen molar-refractivity contribution in [3.8, 4) is 17.6 Å². The highest BCUT2D eigenvalue weighted by Crippen LogP contribution is 2.28. The maximum Gasteiger partial charge on any atom is 0.323 e. The molecule has 7 nitrogen and oxygen atoms in total. The van der Waals surface area contributed by atoms with E-state index in [2.05, 4.69) is 45.1 Å². The highest BCUT2D eigenvalue weighted by molar-refractivity contribution is 14.1. The van der Waals surface area contributed by atoms with Crippen molar-refractivity contribution in [1.82, 2.24) is 15.5 Å². The van der Waals surface area contributed by atoms with Gasteiger partial charge in [0, 0.05) is 12.1 Å². The fourth-order valence-electron chi connectivity index (χ4n) is 3.16. The van der Waals surface area contributed by atoms with E-state index in [-0.39, 0.29) is 12.5 Å². The van der Waals surface area contributed by atoms with Crippen molar-refractivity contribution < 1.29 is 19.1 Å². The molecule has 2 aliphatic rings. The van der Waals surface area contributed by atoms with Crippen LogP contribution >= 0.6 is 33.9 Å². The number of fused-ring (bicyclic) bond motifs is 1. The third kappa shape index (κ3) is 3.33. The lowest BCUT2D eigenvalue weighted by molar-refractivity contribution is -0.122. The zero-order valence-electron chi connectivity index (χ0n) is 14.7. The van der Waals surface area contributed by atoms with Crippen molar-refractivity contribution in [2.75, 3.05) is 13.7 Å². The normalized spacial score (nSPS) is 20.4. The van der Waals surface area contributed by atoms with Crippen LogP contribution in [0.25, 0.3) is 0 Å². The van der Waals surface area contributed by atoms with Crippen LogP contribution in [0.4, 0.5) is 4.79 Å². The number of hydrogen-bond donors (Lipinski definition) is 2. The van der Waals surface area contributed by atoms with Crippen LogP contribution in [0, 0.1) is 14.7 Å². The second-order valence-corrected chi connectivity index (χ2v) is 9.33. The van der Waals surface area contributed by atoms with Crippen LogP contribution in [0.15, 0.2) is 30.3 Å². The highest BCUT2D eigenvalue weighted by Gasteiger charge is 2.48. The summed E-state index contributed by atoms with van der Waals surface area (Å²) in [5.74, 6) is 5.65. The summed E-state index contributed by atoms with van der Waals surface area (Å²) in [6.07, 6.45) is 0. The van der Waals surface area contributed by atoms with Gasteiger partial charge in [-0.05, 0) is 52.4 Å². The monoisotopic (exact) mass is 507 g/mol. The van der Waals surface area contributed by atoms with Gasteiger partial charge in [0.15, 0.2) is 0 Å². The Morgan fingerprint density at radius 1 is 1.29 bits per heavy atom. The fourth-order valence-corrected chi connectivity index (χ4v) is 4.64. The molecule has 0 radical (unpaired) electrons. The van der Waals surface area contributed by atoms with Gasteiger partial charge in [-0.1, -0.05) is 17.9 Å². The Labute approximate surface area is 178 Å². The van der Waals surface area contributed by atoms with Crippen molar-refractivity contribution in [3.63, 3.8) is 0 Å². The van der Waals surface area contributed by atoms with E-state index >= 15 is 0 Å². The summed E-state index contributed by atoms with van der Waals surface area (Å²) in [7, 11) is 1.54. The first-order valence-electron chi connectivity index (χ1n) is 8.28. The number of hydrogen-bond acceptors (Lipinski definition) is 5. The molecule has 2 N–H and O–H groups in total. The van der Waals surface area contributed by atoms with E-state index in [4.69, 9.17) is 4.74 Å². The molecule has 9 heteroatoms. The van der Waals surface area contributed by atoms with E-state index in [0.717, 1.165) is 13.3 Å². The average molecular weight is 507 g/mol. The zero-order chi connectivity index (χ0) is 19.9. The number of halogens is 1. The van der Waals surface area contributed by atoms with Gasteiger partial charge in [-0.2, -0.15) is 0 Å². The summed E-state index contributed by atoms with van der Waals surface area (Å²) in [6, 6.07) is 8.44. The van der Waals surface area contributed by atoms with E-state index in [1.807, 2.05) is 18.2 Å². The summed E-state index contributed by atoms with van der Waals surface area (Å²) >= 11 is 3.67. The third-order valence-electron chi connectivity index (χ3n) is 4.54. The molecule has 4 rings (SSSR count). The molecule has 1 saturated heterocycles. The molecule has 142 valence electrons. The summed E-state index contributed by atoms with van der Waals surface area (Å²) in [4.78, 5) is 39.5. The molecule has 4 amide bonds. The molecule has 1 atom stereocenters. The summed E-state index contributed by atoms with van der Waals surface area (Å²) in [5.41, 5.74) is -0.125. The fraction of sp³-hybridized carbons (Fsp3) is 0.211. The Morgan fingerprint density at radius 3 is 2.75 bits per heavy atom. The lowest BCUT2D eigenvalue weighted by atomic mass is 9.99. The third-order valence-corrected chi connectivity index (χ3v) is 6.35. The number of carbonyl (C=O) groups is 3. The standard InChI is InChI=1S/C19H14IN3O4S/c1-27-12-3-2-11-9-23(16(24)14(11)8-12)10-19(17(25)21-18(26)22-19)7-6-13-4-5-15(20)28-13/h2-5,8H,9-10H2,1H3,(H2,21,22,25,26)/t19-/m1/s1. The molecule has 2 aromatic rings. The number of nitrogens with zero attached hydrogens (tertiary/aromatic N) is 1. The number of ether oxygens (including phenoxy) is 1. The molecule has 1 aromatic carbocycles. The molecule has 0 aliphatic carbocycles. The maximum atomic E-state index is 12.8. The maximum absolute atomic E-state index is 12.8. The van der Waals surface area contributed by atoms with Crippen LogP contribution in [-0.2, 0) is 11.3 Å². The lowest BCUT2D eigenvalue weighted by Gasteiger charge is -2.26. The highest BCUT2D eigenvalue weighted by atomic mass is 127. The van der Waals surface area contributed by atoms with Crippen molar-refractivity contribution in [2.24, 2.45) is 0 Å². The first kappa shape index (κ1) is 18.8. The lowest BCUT2D eigenvalue weighted by Crippen LogP contribution is -2.54. The number of methoxy groups -OCH3 is 1. The van der Waals surface area contributed by atoms with Crippen molar-refractivity contribution in [2.45, 2.75) is 12.1 Å². The predicted octanol–water partition coefficient (Wildman–Crippen LogP) is 1.95. The van der Waals surface area contributed by atoms with Crippen LogP contribution in [-0.4, -0.2) is 41.9 Å². The van der Waals surface area contributed by atoms with Crippen molar-refractivity contribution in [3.05, 3.63) is 49.2 Å². The topological polar surface area (TPSA) is 87.7 Å². The van der Waals surface area contributed by atoms with Gasteiger partial charge in [0.2, 0.25) is 5.54 Å². The van der Waals surface area contributed by atoms with Crippen LogP contribution in [0.3, 0.4) is 0 Å². The Hall–Kier alpha value is -2.58. The predicted molar refractivity (Wildman–Crippen MR) is 111 cm³/mol. The summed E-state index contributed by atoms with van der Waals surface area (Å²) < 4.78 is 6.25. The van der Waals surface area contributed by atoms with Gasteiger partial charge in [0.25, 0.3) is 11.8 Å². The summed E-state index contributed by atoms with van der Waals surface area (Å²) in [5, 5.41) is 4.83. The van der Waals surface area contributed by atoms with Gasteiger partial charge in [-0.3, -0.25) is 14.9 Å². The van der Waals surface area contributed by atoms with E-state index in [9.17, 15) is 14.4 Å². The number of imide groups is 1. The van der Waals surface area contributed by atoms with Crippen LogP contribution in [0.2, 0.25) is 0 Å². The number of amides is 4. The Kier molecular flexibility index (Phi) is 4.76. The minimum absolute atomic E-state index is 0.0458. The number of urea groups is 1. The smallest absolute Gasteiger partial charge is 0.323 e. The average Bonchev–Trinajstić information content (AvgIpc) is 3.30. The number of carbonyl (C=O) groups excluding carboxylic acids is 3. The molecule has 3 heterocycles.